The van der Waals surface area contributed by atoms with Gasteiger partial charge in [-0.15, -0.1) is 0 Å². The van der Waals surface area contributed by atoms with Crippen LogP contribution >= 0.6 is 0 Å². The predicted octanol–water partition coefficient (Wildman–Crippen LogP) is 6.29. The van der Waals surface area contributed by atoms with E-state index < -0.39 is 0 Å². The first-order valence-electron chi connectivity index (χ1n) is 8.68. The molecule has 136 valence electrons. The van der Waals surface area contributed by atoms with Gasteiger partial charge in [0.25, 0.3) is 0 Å². The topological polar surface area (TPSA) is 15.6 Å². The number of aliphatic imine (C=N–C) groups is 1. The Kier molecular flexibility index (Phi) is 8.30. The summed E-state index contributed by atoms with van der Waals surface area (Å²) in [5.74, 6) is 0. The van der Waals surface area contributed by atoms with Gasteiger partial charge in [0.2, 0.25) is 0 Å². The maximum absolute atomic E-state index is 4.71. The van der Waals surface area contributed by atoms with Crippen LogP contribution in [0.3, 0.4) is 0 Å². The third-order valence-corrected chi connectivity index (χ3v) is 3.84. The van der Waals surface area contributed by atoms with Crippen molar-refractivity contribution in [3.8, 4) is 0 Å². The second-order valence-electron chi connectivity index (χ2n) is 6.20. The lowest BCUT2D eigenvalue weighted by molar-refractivity contribution is 0.566. The van der Waals surface area contributed by atoms with Crippen LogP contribution in [0, 0.1) is 0 Å². The van der Waals surface area contributed by atoms with E-state index in [2.05, 4.69) is 31.9 Å². The summed E-state index contributed by atoms with van der Waals surface area (Å²) in [6, 6.07) is 8.19. The van der Waals surface area contributed by atoms with Gasteiger partial charge in [-0.2, -0.15) is 0 Å². The van der Waals surface area contributed by atoms with Crippen LogP contribution in [0.4, 0.5) is 0 Å². The van der Waals surface area contributed by atoms with E-state index in [4.69, 9.17) is 4.99 Å². The quantitative estimate of drug-likeness (QED) is 0.399. The average molecular weight is 347 g/mol. The van der Waals surface area contributed by atoms with Crippen molar-refractivity contribution in [1.29, 1.82) is 0 Å². The minimum absolute atomic E-state index is 0.727. The van der Waals surface area contributed by atoms with Gasteiger partial charge in [0.15, 0.2) is 0 Å². The van der Waals surface area contributed by atoms with Crippen LogP contribution < -0.4 is 0 Å². The largest absolute Gasteiger partial charge is 0.383 e. The van der Waals surface area contributed by atoms with Crippen LogP contribution in [0.25, 0.3) is 11.3 Å². The zero-order valence-electron chi connectivity index (χ0n) is 16.7. The number of allylic oxidation sites excluding steroid dienone is 7. The lowest BCUT2D eigenvalue weighted by Gasteiger charge is -2.11. The number of hydrogen-bond donors (Lipinski definition) is 0. The first-order valence-corrected chi connectivity index (χ1v) is 8.68. The van der Waals surface area contributed by atoms with Crippen LogP contribution in [-0.4, -0.2) is 24.7 Å². The molecule has 0 spiro atoms. The van der Waals surface area contributed by atoms with Crippen LogP contribution in [0.5, 0.6) is 0 Å². The van der Waals surface area contributed by atoms with E-state index in [1.165, 1.54) is 0 Å². The predicted molar refractivity (Wildman–Crippen MR) is 118 cm³/mol. The van der Waals surface area contributed by atoms with Gasteiger partial charge in [0.1, 0.15) is 0 Å². The number of benzene rings is 1. The van der Waals surface area contributed by atoms with Crippen LogP contribution in [0.15, 0.2) is 90.6 Å². The van der Waals surface area contributed by atoms with Gasteiger partial charge in [0.05, 0.1) is 5.70 Å². The lowest BCUT2D eigenvalue weighted by atomic mass is 10.0. The standard InChI is InChI=1S/C24H30N2/c1-9-13-18(4)24(11-3)20(6)25-19(5)22-14-12-15-23(16-22)21(10-2)17-26(7)8/h9-17H,2,4-5H2,1,3,6-8H3/b13-9-,21-17+,24-11-,25-20?. The highest BCUT2D eigenvalue weighted by Gasteiger charge is 2.06. The van der Waals surface area contributed by atoms with Gasteiger partial charge in [0, 0.05) is 31.6 Å². The van der Waals surface area contributed by atoms with Gasteiger partial charge in [-0.05, 0) is 49.1 Å². The summed E-state index contributed by atoms with van der Waals surface area (Å²) in [7, 11) is 3.99. The Labute approximate surface area is 159 Å². The van der Waals surface area contributed by atoms with E-state index in [9.17, 15) is 0 Å². The van der Waals surface area contributed by atoms with E-state index >= 15 is 0 Å². The minimum atomic E-state index is 0.727. The fourth-order valence-corrected chi connectivity index (χ4v) is 2.65. The lowest BCUT2D eigenvalue weighted by Crippen LogP contribution is -2.02. The molecule has 26 heavy (non-hydrogen) atoms. The third-order valence-electron chi connectivity index (χ3n) is 3.84. The van der Waals surface area contributed by atoms with E-state index in [1.807, 2.05) is 82.4 Å². The fraction of sp³-hybridized carbons (Fsp3) is 0.208. The van der Waals surface area contributed by atoms with Crippen molar-refractivity contribution in [2.75, 3.05) is 14.1 Å². The highest BCUT2D eigenvalue weighted by Crippen LogP contribution is 2.23. The molecule has 0 unspecified atom stereocenters. The van der Waals surface area contributed by atoms with Gasteiger partial charge >= 0.3 is 0 Å². The second-order valence-corrected chi connectivity index (χ2v) is 6.20. The van der Waals surface area contributed by atoms with E-state index in [0.717, 1.165) is 39.3 Å². The molecule has 1 rings (SSSR count). The molecular weight excluding hydrogens is 316 g/mol. The van der Waals surface area contributed by atoms with Crippen molar-refractivity contribution >= 4 is 17.0 Å². The number of hydrogen-bond acceptors (Lipinski definition) is 2. The summed E-state index contributed by atoms with van der Waals surface area (Å²) in [6.07, 6.45) is 9.89. The molecular formula is C24H30N2. The summed E-state index contributed by atoms with van der Waals surface area (Å²) < 4.78 is 0. The maximum Gasteiger partial charge on any atom is 0.0633 e. The Morgan fingerprint density at radius 1 is 1.12 bits per heavy atom. The van der Waals surface area contributed by atoms with Gasteiger partial charge in [-0.3, -0.25) is 4.99 Å². The van der Waals surface area contributed by atoms with Crippen molar-refractivity contribution < 1.29 is 0 Å². The van der Waals surface area contributed by atoms with Crippen LogP contribution in [0.1, 0.15) is 31.9 Å². The SMILES string of the molecule is C=C/C(=C\N(C)C)c1cccc(C(=C)N=C(C)/C(=C\C)C(=C)/C=C\C)c1. The first kappa shape index (κ1) is 21.2. The summed E-state index contributed by atoms with van der Waals surface area (Å²) in [5, 5.41) is 0. The summed E-state index contributed by atoms with van der Waals surface area (Å²) in [6.45, 7) is 18.1. The van der Waals surface area contributed by atoms with Gasteiger partial charge < -0.3 is 4.90 Å². The molecule has 0 aliphatic heterocycles. The second kappa shape index (κ2) is 10.2. The molecule has 0 aliphatic rings. The number of nitrogens with zero attached hydrogens (tertiary/aromatic N) is 2. The van der Waals surface area contributed by atoms with E-state index in [-0.39, 0.29) is 0 Å². The molecule has 1 aromatic rings. The molecule has 0 atom stereocenters. The minimum Gasteiger partial charge on any atom is -0.383 e. The van der Waals surface area contributed by atoms with Crippen molar-refractivity contribution in [1.82, 2.24) is 4.90 Å². The Bertz CT molecular complexity index is 799. The average Bonchev–Trinajstić information content (AvgIpc) is 2.60. The Balaban J connectivity index is 3.20. The summed E-state index contributed by atoms with van der Waals surface area (Å²) >= 11 is 0. The molecule has 0 N–H and O–H groups in total. The van der Waals surface area contributed by atoms with Gasteiger partial charge in [-0.1, -0.05) is 62.2 Å². The summed E-state index contributed by atoms with van der Waals surface area (Å²) in [4.78, 5) is 6.72. The summed E-state index contributed by atoms with van der Waals surface area (Å²) in [5.41, 5.74) is 6.73. The maximum atomic E-state index is 4.71. The molecule has 0 heterocycles. The molecule has 2 heteroatoms. The van der Waals surface area contributed by atoms with Crippen molar-refractivity contribution in [2.45, 2.75) is 20.8 Å². The first-order chi connectivity index (χ1) is 12.3. The van der Waals surface area contributed by atoms with E-state index in [1.54, 1.807) is 0 Å². The Morgan fingerprint density at radius 3 is 2.31 bits per heavy atom. The monoisotopic (exact) mass is 346 g/mol. The van der Waals surface area contributed by atoms with Crippen LogP contribution in [0.2, 0.25) is 0 Å². The molecule has 1 aromatic carbocycles. The molecule has 0 saturated carbocycles. The van der Waals surface area contributed by atoms with Crippen molar-refractivity contribution in [2.24, 2.45) is 4.99 Å². The Hall–Kier alpha value is -2.87. The van der Waals surface area contributed by atoms with Crippen molar-refractivity contribution in [3.63, 3.8) is 0 Å². The molecule has 0 radical (unpaired) electrons. The molecule has 0 amide bonds. The molecule has 0 aromatic heterocycles. The zero-order valence-corrected chi connectivity index (χ0v) is 16.7. The number of rotatable bonds is 8. The normalized spacial score (nSPS) is 13.0. The fourth-order valence-electron chi connectivity index (χ4n) is 2.65. The molecule has 0 bridgehead atoms. The highest BCUT2D eigenvalue weighted by atomic mass is 15.0. The Morgan fingerprint density at radius 2 is 1.77 bits per heavy atom. The van der Waals surface area contributed by atoms with Gasteiger partial charge in [-0.25, -0.2) is 0 Å². The van der Waals surface area contributed by atoms with Crippen LogP contribution in [-0.2, 0) is 0 Å². The smallest absolute Gasteiger partial charge is 0.0633 e. The third kappa shape index (κ3) is 5.89. The van der Waals surface area contributed by atoms with Crippen molar-refractivity contribution in [3.05, 3.63) is 96.8 Å². The molecule has 0 aliphatic carbocycles. The molecule has 2 nitrogen and oxygen atoms in total. The molecule has 0 saturated heterocycles. The molecule has 0 fully saturated rings. The zero-order chi connectivity index (χ0) is 19.7. The highest BCUT2D eigenvalue weighted by molar-refractivity contribution is 6.05. The van der Waals surface area contributed by atoms with E-state index in [0.29, 0.717) is 0 Å².